The van der Waals surface area contributed by atoms with Gasteiger partial charge in [0, 0.05) is 54.8 Å². The Morgan fingerprint density at radius 1 is 0.929 bits per heavy atom. The quantitative estimate of drug-likeness (QED) is 0.457. The van der Waals surface area contributed by atoms with Crippen LogP contribution in [0.2, 0.25) is 0 Å². The Kier molecular flexibility index (Phi) is 7.61. The molecule has 222 valence electrons. The zero-order chi connectivity index (χ0) is 29.6. The van der Waals surface area contributed by atoms with Crippen LogP contribution in [-0.4, -0.2) is 68.3 Å². The molecular weight excluding hydrogens is 552 g/mol. The van der Waals surface area contributed by atoms with Gasteiger partial charge in [0.2, 0.25) is 0 Å². The predicted octanol–water partition coefficient (Wildman–Crippen LogP) is 4.92. The van der Waals surface area contributed by atoms with Crippen molar-refractivity contribution >= 4 is 39.0 Å². The number of nitrogens with one attached hydrogen (secondary N) is 1. The number of methoxy groups -OCH3 is 1. The lowest BCUT2D eigenvalue weighted by atomic mass is 9.81. The second-order valence-electron chi connectivity index (χ2n) is 11.7. The fourth-order valence-electron chi connectivity index (χ4n) is 6.72. The fourth-order valence-corrected chi connectivity index (χ4v) is 7.59. The molecule has 1 aromatic heterocycles. The average Bonchev–Trinajstić information content (AvgIpc) is 3.20. The summed E-state index contributed by atoms with van der Waals surface area (Å²) in [6, 6.07) is 11.5. The summed E-state index contributed by atoms with van der Waals surface area (Å²) >= 11 is 0. The van der Waals surface area contributed by atoms with Crippen LogP contribution in [0.15, 0.2) is 42.0 Å². The third-order valence-corrected chi connectivity index (χ3v) is 10.5. The van der Waals surface area contributed by atoms with Crippen LogP contribution in [0.1, 0.15) is 72.3 Å². The number of likely N-dealkylation sites (N-methyl/N-ethyl adjacent to an activating group) is 1. The lowest BCUT2D eigenvalue weighted by Gasteiger charge is -2.24. The summed E-state index contributed by atoms with van der Waals surface area (Å²) in [5, 5.41) is 1.04. The number of carbonyl (C=O) groups is 2. The lowest BCUT2D eigenvalue weighted by molar-refractivity contribution is -0.126. The molecule has 0 atom stereocenters. The smallest absolute Gasteiger partial charge is 0.303 e. The number of hydrogen-bond acceptors (Lipinski definition) is 5. The van der Waals surface area contributed by atoms with Crippen molar-refractivity contribution in [2.24, 2.45) is 0 Å². The van der Waals surface area contributed by atoms with Crippen LogP contribution in [0, 0.1) is 0 Å². The molecule has 10 heteroatoms. The molecule has 2 aliphatic heterocycles. The summed E-state index contributed by atoms with van der Waals surface area (Å²) in [6.45, 7) is 1.06. The molecule has 3 aliphatic rings. The van der Waals surface area contributed by atoms with E-state index in [0.717, 1.165) is 63.5 Å². The molecule has 0 spiro atoms. The Labute approximate surface area is 247 Å². The SMILES string of the molecule is COc1ccc2c(c1)C=C1Cn3c-2c(C2CCCCC2)c2ccc(cc23)C(=O)NS(=O)(=O)N(C)CCCCN(C)C1=O. The van der Waals surface area contributed by atoms with Gasteiger partial charge in [0.1, 0.15) is 5.75 Å². The summed E-state index contributed by atoms with van der Waals surface area (Å²) < 4.78 is 37.1. The van der Waals surface area contributed by atoms with Crippen molar-refractivity contribution in [1.29, 1.82) is 0 Å². The number of carbonyl (C=O) groups excluding carboxylic acids is 2. The molecule has 6 rings (SSSR count). The first-order valence-electron chi connectivity index (χ1n) is 14.8. The zero-order valence-electron chi connectivity index (χ0n) is 24.5. The van der Waals surface area contributed by atoms with Gasteiger partial charge < -0.3 is 14.2 Å². The molecule has 0 unspecified atom stereocenters. The van der Waals surface area contributed by atoms with E-state index in [1.807, 2.05) is 24.3 Å². The van der Waals surface area contributed by atoms with Gasteiger partial charge in [-0.3, -0.25) is 9.59 Å². The lowest BCUT2D eigenvalue weighted by Crippen LogP contribution is -2.42. The Morgan fingerprint density at radius 2 is 1.69 bits per heavy atom. The molecule has 42 heavy (non-hydrogen) atoms. The van der Waals surface area contributed by atoms with Crippen LogP contribution in [0.5, 0.6) is 5.75 Å². The number of nitrogens with zero attached hydrogens (tertiary/aromatic N) is 3. The number of fused-ring (bicyclic) bond motifs is 4. The molecular formula is C32H38N4O5S. The van der Waals surface area contributed by atoms with Gasteiger partial charge >= 0.3 is 10.2 Å². The van der Waals surface area contributed by atoms with Crippen molar-refractivity contribution in [2.45, 2.75) is 57.4 Å². The van der Waals surface area contributed by atoms with Crippen LogP contribution in [0.25, 0.3) is 28.2 Å². The standard InChI is InChI=1S/C32H38N4O5S/c1-34-15-7-8-16-35(2)42(39,40)33-31(37)22-11-13-27-28(19-22)36-20-24(32(34)38)17-23-18-25(41-3)12-14-26(23)30(36)29(27)21-9-5-4-6-10-21/h11-14,17-19,21H,4-10,15-16,20H2,1-3H3,(H,33,37). The van der Waals surface area contributed by atoms with Gasteiger partial charge in [-0.1, -0.05) is 25.3 Å². The van der Waals surface area contributed by atoms with Gasteiger partial charge in [0.15, 0.2) is 0 Å². The zero-order valence-corrected chi connectivity index (χ0v) is 25.3. The number of rotatable bonds is 2. The number of ether oxygens (including phenoxy) is 1. The Hall–Kier alpha value is -3.63. The van der Waals surface area contributed by atoms with Crippen molar-refractivity contribution in [1.82, 2.24) is 18.5 Å². The van der Waals surface area contributed by atoms with Crippen LogP contribution >= 0.6 is 0 Å². The van der Waals surface area contributed by atoms with Gasteiger partial charge in [-0.15, -0.1) is 0 Å². The summed E-state index contributed by atoms with van der Waals surface area (Å²) in [5.74, 6) is 0.322. The van der Waals surface area contributed by atoms with Crippen molar-refractivity contribution in [3.8, 4) is 17.0 Å². The third kappa shape index (κ3) is 5.11. The normalized spacial score (nSPS) is 20.4. The van der Waals surface area contributed by atoms with Crippen molar-refractivity contribution in [3.05, 3.63) is 58.7 Å². The average molecular weight is 591 g/mol. The van der Waals surface area contributed by atoms with Crippen LogP contribution < -0.4 is 9.46 Å². The molecule has 3 aromatic rings. The van der Waals surface area contributed by atoms with Gasteiger partial charge in [-0.25, -0.2) is 4.72 Å². The Bertz CT molecular complexity index is 1700. The highest BCUT2D eigenvalue weighted by molar-refractivity contribution is 7.87. The number of amides is 2. The highest BCUT2D eigenvalue weighted by atomic mass is 32.2. The second-order valence-corrected chi connectivity index (χ2v) is 13.5. The molecule has 9 nitrogen and oxygen atoms in total. The molecule has 1 saturated carbocycles. The van der Waals surface area contributed by atoms with Gasteiger partial charge in [-0.05, 0) is 79.1 Å². The number of aromatic nitrogens is 1. The minimum atomic E-state index is -4.02. The van der Waals surface area contributed by atoms with Gasteiger partial charge in [-0.2, -0.15) is 12.7 Å². The van der Waals surface area contributed by atoms with Crippen LogP contribution in [-0.2, 0) is 21.5 Å². The van der Waals surface area contributed by atoms with Gasteiger partial charge in [0.25, 0.3) is 11.8 Å². The summed E-state index contributed by atoms with van der Waals surface area (Å²) in [7, 11) is 0.877. The predicted molar refractivity (Wildman–Crippen MR) is 164 cm³/mol. The number of benzene rings is 2. The van der Waals surface area contributed by atoms with Crippen molar-refractivity contribution in [2.75, 3.05) is 34.3 Å². The first-order valence-corrected chi connectivity index (χ1v) is 16.2. The topological polar surface area (TPSA) is 101 Å². The van der Waals surface area contributed by atoms with E-state index in [2.05, 4.69) is 15.4 Å². The van der Waals surface area contributed by atoms with E-state index in [0.29, 0.717) is 37.4 Å². The van der Waals surface area contributed by atoms with Crippen LogP contribution in [0.4, 0.5) is 0 Å². The Balaban J connectivity index is 1.63. The first-order chi connectivity index (χ1) is 20.2. The van der Waals surface area contributed by atoms with Crippen molar-refractivity contribution < 1.29 is 22.7 Å². The van der Waals surface area contributed by atoms with E-state index in [9.17, 15) is 18.0 Å². The first kappa shape index (κ1) is 28.5. The molecule has 3 heterocycles. The largest absolute Gasteiger partial charge is 0.497 e. The minimum Gasteiger partial charge on any atom is -0.497 e. The van der Waals surface area contributed by atoms with Crippen molar-refractivity contribution in [3.63, 3.8) is 0 Å². The molecule has 1 fully saturated rings. The highest BCUT2D eigenvalue weighted by Gasteiger charge is 2.31. The summed E-state index contributed by atoms with van der Waals surface area (Å²) in [5.41, 5.74) is 5.97. The van der Waals surface area contributed by atoms with E-state index in [1.165, 1.54) is 19.0 Å². The highest BCUT2D eigenvalue weighted by Crippen LogP contribution is 2.47. The molecule has 2 aromatic carbocycles. The maximum absolute atomic E-state index is 13.9. The minimum absolute atomic E-state index is 0.0698. The monoisotopic (exact) mass is 590 g/mol. The van der Waals surface area contributed by atoms with E-state index in [-0.39, 0.29) is 18.0 Å². The summed E-state index contributed by atoms with van der Waals surface area (Å²) in [6.07, 6.45) is 8.84. The van der Waals surface area contributed by atoms with Gasteiger partial charge in [0.05, 0.1) is 19.3 Å². The second kappa shape index (κ2) is 11.2. The molecule has 0 saturated heterocycles. The molecule has 2 amide bonds. The Morgan fingerprint density at radius 3 is 2.45 bits per heavy atom. The maximum atomic E-state index is 13.9. The van der Waals surface area contributed by atoms with E-state index in [4.69, 9.17) is 4.74 Å². The van der Waals surface area contributed by atoms with Crippen LogP contribution in [0.3, 0.4) is 0 Å². The van der Waals surface area contributed by atoms with E-state index < -0.39 is 16.1 Å². The molecule has 1 aliphatic carbocycles. The molecule has 1 N–H and O–H groups in total. The van der Waals surface area contributed by atoms with E-state index in [1.54, 1.807) is 31.2 Å². The maximum Gasteiger partial charge on any atom is 0.303 e. The van der Waals surface area contributed by atoms with E-state index >= 15 is 0 Å². The number of hydrogen-bond donors (Lipinski definition) is 1. The fraction of sp³-hybridized carbons (Fsp3) is 0.438. The third-order valence-electron chi connectivity index (χ3n) is 9.02. The molecule has 0 radical (unpaired) electrons. The summed E-state index contributed by atoms with van der Waals surface area (Å²) in [4.78, 5) is 29.0. The molecule has 4 bridgehead atoms.